The summed E-state index contributed by atoms with van der Waals surface area (Å²) in [7, 11) is 2.26. The third-order valence-electron chi connectivity index (χ3n) is 4.36. The van der Waals surface area contributed by atoms with Gasteiger partial charge in [-0.15, -0.1) is 0 Å². The lowest BCUT2D eigenvalue weighted by Crippen LogP contribution is -2.41. The fourth-order valence-electron chi connectivity index (χ4n) is 3.20. The Bertz CT molecular complexity index is 210. The van der Waals surface area contributed by atoms with Crippen molar-refractivity contribution in [3.63, 3.8) is 0 Å². The first kappa shape index (κ1) is 11.7. The van der Waals surface area contributed by atoms with Crippen LogP contribution in [0.2, 0.25) is 0 Å². The van der Waals surface area contributed by atoms with Gasteiger partial charge in [0.15, 0.2) is 0 Å². The van der Waals surface area contributed by atoms with Crippen molar-refractivity contribution >= 4 is 11.8 Å². The molecular weight excluding hydrogens is 204 g/mol. The number of rotatable bonds is 1. The minimum absolute atomic E-state index is 0.586. The maximum atomic E-state index is 5.97. The van der Waals surface area contributed by atoms with Gasteiger partial charge >= 0.3 is 0 Å². The lowest BCUT2D eigenvalue weighted by Gasteiger charge is -2.43. The van der Waals surface area contributed by atoms with Crippen molar-refractivity contribution in [1.29, 1.82) is 0 Å². The van der Waals surface area contributed by atoms with Gasteiger partial charge in [0.1, 0.15) is 0 Å². The third-order valence-corrected chi connectivity index (χ3v) is 5.66. The lowest BCUT2D eigenvalue weighted by atomic mass is 9.70. The van der Waals surface area contributed by atoms with Crippen molar-refractivity contribution in [2.45, 2.75) is 25.7 Å². The van der Waals surface area contributed by atoms with Gasteiger partial charge in [0.25, 0.3) is 0 Å². The molecule has 2 rings (SSSR count). The number of nitrogens with two attached hydrogens (primary N) is 1. The third kappa shape index (κ3) is 2.51. The van der Waals surface area contributed by atoms with Gasteiger partial charge in [-0.2, -0.15) is 11.8 Å². The SMILES string of the molecule is CN1CCCC2(CC1)CSCCC2CN. The normalized spacial score (nSPS) is 39.2. The molecule has 0 saturated carbocycles. The molecule has 1 spiro atoms. The summed E-state index contributed by atoms with van der Waals surface area (Å²) in [5.74, 6) is 3.49. The first-order valence-electron chi connectivity index (χ1n) is 6.23. The molecule has 2 nitrogen and oxygen atoms in total. The van der Waals surface area contributed by atoms with E-state index in [0.717, 1.165) is 12.5 Å². The standard InChI is InChI=1S/C12H24N2S/c1-14-6-2-4-12(5-7-14)10-15-8-3-11(12)9-13/h11H,2-10,13H2,1H3. The van der Waals surface area contributed by atoms with Crippen LogP contribution >= 0.6 is 11.8 Å². The second kappa shape index (κ2) is 5.07. The number of nitrogens with zero attached hydrogens (tertiary/aromatic N) is 1. The number of likely N-dealkylation sites (tertiary alicyclic amines) is 1. The quantitative estimate of drug-likeness (QED) is 0.742. The summed E-state index contributed by atoms with van der Waals surface area (Å²) in [6.45, 7) is 3.46. The summed E-state index contributed by atoms with van der Waals surface area (Å²) in [5.41, 5.74) is 6.56. The van der Waals surface area contributed by atoms with Crippen molar-refractivity contribution in [3.05, 3.63) is 0 Å². The van der Waals surface area contributed by atoms with Crippen LogP contribution in [-0.4, -0.2) is 43.1 Å². The van der Waals surface area contributed by atoms with E-state index in [0.29, 0.717) is 5.41 Å². The van der Waals surface area contributed by atoms with Gasteiger partial charge in [0.2, 0.25) is 0 Å². The Kier molecular flexibility index (Phi) is 3.97. The average Bonchev–Trinajstić information content (AvgIpc) is 2.43. The molecule has 2 atom stereocenters. The second-order valence-corrected chi connectivity index (χ2v) is 6.40. The predicted octanol–water partition coefficient (Wildman–Crippen LogP) is 1.80. The van der Waals surface area contributed by atoms with Gasteiger partial charge in [-0.1, -0.05) is 0 Å². The Morgan fingerprint density at radius 3 is 3.07 bits per heavy atom. The maximum absolute atomic E-state index is 5.97. The highest BCUT2D eigenvalue weighted by atomic mass is 32.2. The molecular formula is C12H24N2S. The fraction of sp³-hybridized carbons (Fsp3) is 1.00. The Morgan fingerprint density at radius 2 is 2.27 bits per heavy atom. The molecule has 2 unspecified atom stereocenters. The van der Waals surface area contributed by atoms with Gasteiger partial charge in [0, 0.05) is 0 Å². The largest absolute Gasteiger partial charge is 0.330 e. The molecule has 0 amide bonds. The van der Waals surface area contributed by atoms with Crippen LogP contribution in [0.25, 0.3) is 0 Å². The van der Waals surface area contributed by atoms with E-state index >= 15 is 0 Å². The van der Waals surface area contributed by atoms with Gasteiger partial charge < -0.3 is 10.6 Å². The van der Waals surface area contributed by atoms with Crippen LogP contribution in [0.4, 0.5) is 0 Å². The summed E-state index contributed by atoms with van der Waals surface area (Å²) in [6, 6.07) is 0. The highest BCUT2D eigenvalue weighted by Crippen LogP contribution is 2.46. The van der Waals surface area contributed by atoms with E-state index in [1.807, 2.05) is 0 Å². The van der Waals surface area contributed by atoms with E-state index in [4.69, 9.17) is 5.73 Å². The molecule has 0 aliphatic carbocycles. The summed E-state index contributed by atoms with van der Waals surface area (Å²) >= 11 is 2.16. The van der Waals surface area contributed by atoms with Gasteiger partial charge in [-0.3, -0.25) is 0 Å². The van der Waals surface area contributed by atoms with Crippen LogP contribution in [-0.2, 0) is 0 Å². The molecule has 0 aromatic rings. The first-order chi connectivity index (χ1) is 7.27. The van der Waals surface area contributed by atoms with Crippen molar-refractivity contribution in [1.82, 2.24) is 4.90 Å². The molecule has 2 saturated heterocycles. The van der Waals surface area contributed by atoms with Crippen molar-refractivity contribution in [2.75, 3.05) is 38.2 Å². The minimum Gasteiger partial charge on any atom is -0.330 e. The minimum atomic E-state index is 0.586. The smallest absolute Gasteiger partial charge is 0.000718 e. The molecule has 3 heteroatoms. The van der Waals surface area contributed by atoms with E-state index < -0.39 is 0 Å². The van der Waals surface area contributed by atoms with Crippen molar-refractivity contribution in [2.24, 2.45) is 17.1 Å². The second-order valence-electron chi connectivity index (χ2n) is 5.29. The highest BCUT2D eigenvalue weighted by Gasteiger charge is 2.40. The topological polar surface area (TPSA) is 29.3 Å². The highest BCUT2D eigenvalue weighted by molar-refractivity contribution is 7.99. The predicted molar refractivity (Wildman–Crippen MR) is 68.3 cm³/mol. The summed E-state index contributed by atoms with van der Waals surface area (Å²) < 4.78 is 0. The van der Waals surface area contributed by atoms with E-state index in [2.05, 4.69) is 23.7 Å². The van der Waals surface area contributed by atoms with Gasteiger partial charge in [-0.25, -0.2) is 0 Å². The van der Waals surface area contributed by atoms with Crippen LogP contribution in [0.5, 0.6) is 0 Å². The number of hydrogen-bond acceptors (Lipinski definition) is 3. The van der Waals surface area contributed by atoms with E-state index in [1.54, 1.807) is 0 Å². The maximum Gasteiger partial charge on any atom is -0.000718 e. The first-order valence-corrected chi connectivity index (χ1v) is 7.39. The molecule has 0 bridgehead atoms. The zero-order valence-electron chi connectivity index (χ0n) is 9.87. The Morgan fingerprint density at radius 1 is 1.40 bits per heavy atom. The molecule has 0 aromatic heterocycles. The Labute approximate surface area is 98.0 Å². The van der Waals surface area contributed by atoms with Crippen molar-refractivity contribution < 1.29 is 0 Å². The zero-order chi connectivity index (χ0) is 10.7. The molecule has 2 fully saturated rings. The molecule has 2 N–H and O–H groups in total. The molecule has 2 heterocycles. The Balaban J connectivity index is 2.07. The van der Waals surface area contributed by atoms with Crippen LogP contribution < -0.4 is 5.73 Å². The number of thioether (sulfide) groups is 1. The molecule has 2 aliphatic heterocycles. The van der Waals surface area contributed by atoms with E-state index in [9.17, 15) is 0 Å². The van der Waals surface area contributed by atoms with Crippen LogP contribution in [0.1, 0.15) is 25.7 Å². The van der Waals surface area contributed by atoms with E-state index in [1.165, 1.54) is 50.3 Å². The Hall–Kier alpha value is 0.270. The summed E-state index contributed by atoms with van der Waals surface area (Å²) in [6.07, 6.45) is 5.50. The summed E-state index contributed by atoms with van der Waals surface area (Å²) in [4.78, 5) is 2.49. The molecule has 15 heavy (non-hydrogen) atoms. The van der Waals surface area contributed by atoms with Gasteiger partial charge in [-0.05, 0) is 75.2 Å². The summed E-state index contributed by atoms with van der Waals surface area (Å²) in [5, 5.41) is 0. The van der Waals surface area contributed by atoms with Crippen molar-refractivity contribution in [3.8, 4) is 0 Å². The van der Waals surface area contributed by atoms with E-state index in [-0.39, 0.29) is 0 Å². The van der Waals surface area contributed by atoms with Gasteiger partial charge in [0.05, 0.1) is 0 Å². The average molecular weight is 228 g/mol. The van der Waals surface area contributed by atoms with Crippen LogP contribution in [0, 0.1) is 11.3 Å². The van der Waals surface area contributed by atoms with Crippen LogP contribution in [0.15, 0.2) is 0 Å². The molecule has 0 aromatic carbocycles. The van der Waals surface area contributed by atoms with Crippen LogP contribution in [0.3, 0.4) is 0 Å². The number of hydrogen-bond donors (Lipinski definition) is 1. The lowest BCUT2D eigenvalue weighted by molar-refractivity contribution is 0.157. The molecule has 0 radical (unpaired) electrons. The monoisotopic (exact) mass is 228 g/mol. The molecule has 2 aliphatic rings. The zero-order valence-corrected chi connectivity index (χ0v) is 10.7. The fourth-order valence-corrected chi connectivity index (χ4v) is 4.72. The molecule has 88 valence electrons.